The molecule has 1 aliphatic heterocycles. The van der Waals surface area contributed by atoms with Crippen molar-refractivity contribution in [2.45, 2.75) is 58.3 Å². The number of ketones is 2. The average molecular weight is 642 g/mol. The third kappa shape index (κ3) is 5.00. The van der Waals surface area contributed by atoms with Crippen LogP contribution in [0.1, 0.15) is 61.1 Å². The normalized spacial score (nSPS) is 18.0. The Morgan fingerprint density at radius 1 is 0.947 bits per heavy atom. The molecule has 8 heteroatoms. The van der Waals surface area contributed by atoms with E-state index in [1.807, 2.05) is 51.2 Å². The van der Waals surface area contributed by atoms with E-state index in [4.69, 9.17) is 4.74 Å². The Bertz CT molecular complexity index is 1360. The van der Waals surface area contributed by atoms with Gasteiger partial charge in [-0.3, -0.25) is 14.4 Å². The zero-order chi connectivity index (χ0) is 27.1. The van der Waals surface area contributed by atoms with Gasteiger partial charge in [0.1, 0.15) is 5.75 Å². The molecule has 0 fully saturated rings. The number of aryl methyl sites for hydroxylation is 2. The van der Waals surface area contributed by atoms with Gasteiger partial charge in [-0.25, -0.2) is 0 Å². The number of allylic oxidation sites excluding steroid dienone is 4. The van der Waals surface area contributed by atoms with Crippen molar-refractivity contribution in [3.05, 3.63) is 78.5 Å². The fourth-order valence-corrected chi connectivity index (χ4v) is 7.30. The summed E-state index contributed by atoms with van der Waals surface area (Å²) >= 11 is 7.24. The highest BCUT2D eigenvalue weighted by molar-refractivity contribution is 9.11. The first-order valence-electron chi connectivity index (χ1n) is 12.9. The Morgan fingerprint density at radius 3 is 2.08 bits per heavy atom. The van der Waals surface area contributed by atoms with Crippen LogP contribution < -0.4 is 10.1 Å². The van der Waals surface area contributed by atoms with Crippen molar-refractivity contribution in [1.82, 2.24) is 4.90 Å². The molecule has 2 aromatic rings. The fourth-order valence-electron chi connectivity index (χ4n) is 5.85. The van der Waals surface area contributed by atoms with E-state index in [1.54, 1.807) is 0 Å². The first-order valence-corrected chi connectivity index (χ1v) is 14.5. The lowest BCUT2D eigenvalue weighted by atomic mass is 9.71. The van der Waals surface area contributed by atoms with Crippen LogP contribution in [-0.2, 0) is 14.4 Å². The van der Waals surface area contributed by atoms with Crippen LogP contribution in [0.25, 0.3) is 0 Å². The van der Waals surface area contributed by atoms with Gasteiger partial charge in [-0.05, 0) is 101 Å². The standard InChI is InChI=1S/C30H30Br2N2O4/c1-16-10-11-21(17(2)12-16)33-26(37)15-38-30-19(31)13-18(14-20(30)32)27-28-22(6-4-8-24(28)35)34(3)23-7-5-9-25(36)29(23)27/h10-14,27H,4-9,15H2,1-3H3,(H,33,37). The quantitative estimate of drug-likeness (QED) is 0.385. The van der Waals surface area contributed by atoms with Crippen LogP contribution in [0.5, 0.6) is 5.75 Å². The number of carbonyl (C=O) groups is 3. The van der Waals surface area contributed by atoms with Crippen LogP contribution in [0.4, 0.5) is 5.69 Å². The Balaban J connectivity index is 1.44. The molecule has 1 N–H and O–H groups in total. The molecule has 3 aliphatic rings. The summed E-state index contributed by atoms with van der Waals surface area (Å²) in [5.74, 6) is 0.0599. The van der Waals surface area contributed by atoms with Gasteiger partial charge < -0.3 is 15.0 Å². The Hall–Kier alpha value is -2.71. The molecule has 2 aliphatic carbocycles. The van der Waals surface area contributed by atoms with Crippen LogP contribution in [0.3, 0.4) is 0 Å². The highest BCUT2D eigenvalue weighted by atomic mass is 79.9. The maximum Gasteiger partial charge on any atom is 0.262 e. The van der Waals surface area contributed by atoms with Gasteiger partial charge >= 0.3 is 0 Å². The summed E-state index contributed by atoms with van der Waals surface area (Å²) in [7, 11) is 1.99. The lowest BCUT2D eigenvalue weighted by Gasteiger charge is -2.42. The van der Waals surface area contributed by atoms with Crippen LogP contribution in [0.15, 0.2) is 61.8 Å². The number of amides is 1. The molecule has 198 valence electrons. The molecule has 38 heavy (non-hydrogen) atoms. The van der Waals surface area contributed by atoms with Crippen molar-refractivity contribution in [3.63, 3.8) is 0 Å². The lowest BCUT2D eigenvalue weighted by molar-refractivity contribution is -0.118. The molecule has 0 spiro atoms. The second kappa shape index (κ2) is 10.8. The fraction of sp³-hybridized carbons (Fsp3) is 0.367. The number of halogens is 2. The highest BCUT2D eigenvalue weighted by Gasteiger charge is 2.42. The Morgan fingerprint density at radius 2 is 1.53 bits per heavy atom. The summed E-state index contributed by atoms with van der Waals surface area (Å²) in [6.45, 7) is 3.79. The summed E-state index contributed by atoms with van der Waals surface area (Å²) in [6.07, 6.45) is 4.32. The third-order valence-corrected chi connectivity index (χ3v) is 8.78. The molecule has 0 bridgehead atoms. The van der Waals surface area contributed by atoms with Gasteiger partial charge in [-0.1, -0.05) is 17.7 Å². The zero-order valence-electron chi connectivity index (χ0n) is 21.7. The molecule has 0 radical (unpaired) electrons. The smallest absolute Gasteiger partial charge is 0.262 e. The summed E-state index contributed by atoms with van der Waals surface area (Å²) in [6, 6.07) is 9.68. The van der Waals surface area contributed by atoms with E-state index in [1.165, 1.54) is 0 Å². The average Bonchev–Trinajstić information content (AvgIpc) is 2.86. The lowest BCUT2D eigenvalue weighted by Crippen LogP contribution is -2.37. The third-order valence-electron chi connectivity index (χ3n) is 7.60. The van der Waals surface area contributed by atoms with Crippen molar-refractivity contribution in [1.29, 1.82) is 0 Å². The molecule has 0 saturated carbocycles. The van der Waals surface area contributed by atoms with Gasteiger partial charge in [0, 0.05) is 54.0 Å². The van der Waals surface area contributed by atoms with Crippen molar-refractivity contribution < 1.29 is 19.1 Å². The summed E-state index contributed by atoms with van der Waals surface area (Å²) < 4.78 is 7.21. The molecular weight excluding hydrogens is 612 g/mol. The molecule has 0 atom stereocenters. The number of anilines is 1. The van der Waals surface area contributed by atoms with Gasteiger partial charge in [-0.15, -0.1) is 0 Å². The maximum atomic E-state index is 13.2. The molecule has 6 nitrogen and oxygen atoms in total. The minimum atomic E-state index is -0.397. The highest BCUT2D eigenvalue weighted by Crippen LogP contribution is 2.50. The van der Waals surface area contributed by atoms with Crippen LogP contribution in [0.2, 0.25) is 0 Å². The first-order chi connectivity index (χ1) is 18.2. The first kappa shape index (κ1) is 26.9. The number of nitrogens with one attached hydrogen (secondary N) is 1. The molecule has 1 heterocycles. The van der Waals surface area contributed by atoms with Gasteiger partial charge in [0.05, 0.1) is 8.95 Å². The number of rotatable bonds is 5. The second-order valence-electron chi connectivity index (χ2n) is 10.2. The summed E-state index contributed by atoms with van der Waals surface area (Å²) in [5, 5.41) is 2.90. The second-order valence-corrected chi connectivity index (χ2v) is 11.9. The number of nitrogens with zero attached hydrogens (tertiary/aromatic N) is 1. The Kier molecular flexibility index (Phi) is 7.65. The maximum absolute atomic E-state index is 13.2. The van der Waals surface area contributed by atoms with Gasteiger partial charge in [0.25, 0.3) is 5.91 Å². The van der Waals surface area contributed by atoms with Crippen molar-refractivity contribution >= 4 is 55.0 Å². The molecular formula is C30H30Br2N2O4. The van der Waals surface area contributed by atoms with Gasteiger partial charge in [0.15, 0.2) is 18.2 Å². The predicted molar refractivity (Wildman–Crippen MR) is 154 cm³/mol. The van der Waals surface area contributed by atoms with Crippen molar-refractivity contribution in [3.8, 4) is 5.75 Å². The summed E-state index contributed by atoms with van der Waals surface area (Å²) in [5.41, 5.74) is 7.29. The van der Waals surface area contributed by atoms with Crippen LogP contribution in [0, 0.1) is 13.8 Å². The number of benzene rings is 2. The van der Waals surface area contributed by atoms with Crippen molar-refractivity contribution in [2.75, 3.05) is 19.0 Å². The number of Topliss-reactive ketones (excluding diaryl/α,β-unsaturated/α-hetero) is 2. The van der Waals surface area contributed by atoms with E-state index >= 15 is 0 Å². The topological polar surface area (TPSA) is 75.7 Å². The van der Waals surface area contributed by atoms with E-state index < -0.39 is 5.92 Å². The summed E-state index contributed by atoms with van der Waals surface area (Å²) in [4.78, 5) is 41.2. The minimum absolute atomic E-state index is 0.115. The predicted octanol–water partition coefficient (Wildman–Crippen LogP) is 6.89. The SMILES string of the molecule is Cc1ccc(NC(=O)COc2c(Br)cc(C3C4=C(CCCC4=O)N(C)C4=C3C(=O)CCC4)cc2Br)c(C)c1. The Labute approximate surface area is 239 Å². The number of carbonyl (C=O) groups excluding carboxylic acids is 3. The number of hydrogen-bond acceptors (Lipinski definition) is 5. The molecule has 0 saturated heterocycles. The van der Waals surface area contributed by atoms with E-state index in [2.05, 4.69) is 42.1 Å². The molecule has 1 amide bonds. The van der Waals surface area contributed by atoms with E-state index in [9.17, 15) is 14.4 Å². The van der Waals surface area contributed by atoms with Crippen molar-refractivity contribution in [2.24, 2.45) is 0 Å². The van der Waals surface area contributed by atoms with Gasteiger partial charge in [-0.2, -0.15) is 0 Å². The zero-order valence-corrected chi connectivity index (χ0v) is 24.9. The molecule has 0 unspecified atom stereocenters. The monoisotopic (exact) mass is 640 g/mol. The largest absolute Gasteiger partial charge is 0.481 e. The van der Waals surface area contributed by atoms with Crippen LogP contribution in [-0.4, -0.2) is 36.0 Å². The minimum Gasteiger partial charge on any atom is -0.481 e. The number of hydrogen-bond donors (Lipinski definition) is 1. The molecule has 0 aromatic heterocycles. The van der Waals surface area contributed by atoms with E-state index in [0.29, 0.717) is 27.5 Å². The molecule has 5 rings (SSSR count). The van der Waals surface area contributed by atoms with E-state index in [-0.39, 0.29) is 24.1 Å². The van der Waals surface area contributed by atoms with E-state index in [0.717, 1.165) is 70.6 Å². The van der Waals surface area contributed by atoms with Crippen LogP contribution >= 0.6 is 31.9 Å². The van der Waals surface area contributed by atoms with Gasteiger partial charge in [0.2, 0.25) is 0 Å². The molecule has 2 aromatic carbocycles. The number of ether oxygens (including phenoxy) is 1.